The Labute approximate surface area is 230 Å². The van der Waals surface area contributed by atoms with E-state index in [-0.39, 0.29) is 10.9 Å². The van der Waals surface area contributed by atoms with Gasteiger partial charge >= 0.3 is 6.03 Å². The number of nitrogen functional groups attached to an aromatic ring is 1. The number of nitrogens with zero attached hydrogens (tertiary/aromatic N) is 3. The monoisotopic (exact) mass is 572 g/mol. The standard InChI is InChI=1S/C27H30F2N6O4S/c1-17-16-39-13-12-35(17)24-14-22(27(10-11-27)40(37,38)21-8-4-19(30)5-9-21)33-25(34-24)18-2-6-20(7-3-18)32-26(36)31-15-23(28)29/h2-9,14,17,23H,10-13,15-16,30H2,1H3,(H2,31,32,36)/t17-/m0/s1. The van der Waals surface area contributed by atoms with Crippen molar-refractivity contribution >= 4 is 33.1 Å². The molecule has 1 saturated heterocycles. The minimum absolute atomic E-state index is 0.0199. The van der Waals surface area contributed by atoms with Gasteiger partial charge in [-0.3, -0.25) is 0 Å². The molecule has 1 aliphatic carbocycles. The predicted molar refractivity (Wildman–Crippen MR) is 147 cm³/mol. The van der Waals surface area contributed by atoms with Gasteiger partial charge in [0.05, 0.1) is 36.4 Å². The number of morpholine rings is 1. The first kappa shape index (κ1) is 27.7. The molecule has 40 heavy (non-hydrogen) atoms. The summed E-state index contributed by atoms with van der Waals surface area (Å²) in [7, 11) is -3.79. The van der Waals surface area contributed by atoms with Crippen molar-refractivity contribution in [2.45, 2.75) is 41.9 Å². The summed E-state index contributed by atoms with van der Waals surface area (Å²) in [5.41, 5.74) is 7.66. The van der Waals surface area contributed by atoms with E-state index in [1.807, 2.05) is 6.92 Å². The quantitative estimate of drug-likeness (QED) is 0.347. The highest BCUT2D eigenvalue weighted by atomic mass is 32.2. The van der Waals surface area contributed by atoms with Crippen molar-refractivity contribution in [1.29, 1.82) is 0 Å². The smallest absolute Gasteiger partial charge is 0.319 e. The van der Waals surface area contributed by atoms with Gasteiger partial charge in [0.2, 0.25) is 0 Å². The molecule has 1 atom stereocenters. The zero-order valence-electron chi connectivity index (χ0n) is 21.8. The molecule has 0 unspecified atom stereocenters. The Morgan fingerprint density at radius 3 is 2.48 bits per heavy atom. The number of rotatable bonds is 8. The number of nitrogens with one attached hydrogen (secondary N) is 2. The van der Waals surface area contributed by atoms with Gasteiger partial charge in [0.25, 0.3) is 6.43 Å². The third-order valence-electron chi connectivity index (χ3n) is 7.07. The summed E-state index contributed by atoms with van der Waals surface area (Å²) in [6, 6.07) is 13.8. The summed E-state index contributed by atoms with van der Waals surface area (Å²) in [5.74, 6) is 0.932. The Kier molecular flexibility index (Phi) is 7.60. The number of alkyl halides is 2. The number of amides is 2. The maximum absolute atomic E-state index is 13.8. The van der Waals surface area contributed by atoms with Crippen molar-refractivity contribution < 1.29 is 26.7 Å². The number of anilines is 3. The molecule has 13 heteroatoms. The first-order valence-electron chi connectivity index (χ1n) is 12.9. The van der Waals surface area contributed by atoms with Gasteiger partial charge in [-0.2, -0.15) is 0 Å². The van der Waals surface area contributed by atoms with Crippen molar-refractivity contribution in [2.24, 2.45) is 0 Å². The number of sulfone groups is 1. The molecule has 4 N–H and O–H groups in total. The lowest BCUT2D eigenvalue weighted by molar-refractivity contribution is 0.0985. The molecule has 2 fully saturated rings. The molecule has 1 aliphatic heterocycles. The fourth-order valence-corrected chi connectivity index (χ4v) is 6.67. The number of carbonyl (C=O) groups is 1. The van der Waals surface area contributed by atoms with Crippen molar-refractivity contribution in [3.63, 3.8) is 0 Å². The van der Waals surface area contributed by atoms with Crippen LogP contribution in [0, 0.1) is 0 Å². The first-order valence-corrected chi connectivity index (χ1v) is 14.3. The van der Waals surface area contributed by atoms with Crippen LogP contribution < -0.4 is 21.3 Å². The third-order valence-corrected chi connectivity index (χ3v) is 9.61. The van der Waals surface area contributed by atoms with E-state index in [0.717, 1.165) is 0 Å². The molecule has 10 nitrogen and oxygen atoms in total. The average molecular weight is 573 g/mol. The van der Waals surface area contributed by atoms with E-state index in [2.05, 4.69) is 15.5 Å². The number of carbonyl (C=O) groups excluding carboxylic acids is 1. The predicted octanol–water partition coefficient (Wildman–Crippen LogP) is 3.80. The fourth-order valence-electron chi connectivity index (χ4n) is 4.71. The minimum Gasteiger partial charge on any atom is -0.399 e. The summed E-state index contributed by atoms with van der Waals surface area (Å²) in [6.07, 6.45) is -1.81. The van der Waals surface area contributed by atoms with Crippen molar-refractivity contribution in [2.75, 3.05) is 42.3 Å². The number of hydrogen-bond donors (Lipinski definition) is 3. The lowest BCUT2D eigenvalue weighted by Gasteiger charge is -2.34. The highest BCUT2D eigenvalue weighted by Crippen LogP contribution is 2.55. The SMILES string of the molecule is C[C@H]1COCCN1c1cc(C2(S(=O)(=O)c3ccc(N)cc3)CC2)nc(-c2ccc(NC(=O)NCC(F)F)cc2)n1. The second-order valence-corrected chi connectivity index (χ2v) is 12.2. The summed E-state index contributed by atoms with van der Waals surface area (Å²) in [5, 5.41) is 4.58. The van der Waals surface area contributed by atoms with Crippen LogP contribution in [0.2, 0.25) is 0 Å². The molecule has 2 heterocycles. The molecule has 2 aliphatic rings. The molecular weight excluding hydrogens is 542 g/mol. The van der Waals surface area contributed by atoms with Crippen LogP contribution in [0.1, 0.15) is 25.5 Å². The molecule has 0 spiro atoms. The maximum atomic E-state index is 13.8. The lowest BCUT2D eigenvalue weighted by Crippen LogP contribution is -2.44. The first-order chi connectivity index (χ1) is 19.1. The fraction of sp³-hybridized carbons (Fsp3) is 0.370. The maximum Gasteiger partial charge on any atom is 0.319 e. The third kappa shape index (κ3) is 5.56. The van der Waals surface area contributed by atoms with Crippen molar-refractivity contribution in [1.82, 2.24) is 15.3 Å². The van der Waals surface area contributed by atoms with E-state index in [4.69, 9.17) is 20.4 Å². The van der Waals surface area contributed by atoms with E-state index >= 15 is 0 Å². The average Bonchev–Trinajstić information content (AvgIpc) is 3.76. The number of benzene rings is 2. The van der Waals surface area contributed by atoms with Gasteiger partial charge in [0, 0.05) is 29.5 Å². The molecule has 0 bridgehead atoms. The zero-order chi connectivity index (χ0) is 28.5. The van der Waals surface area contributed by atoms with Crippen molar-refractivity contribution in [3.05, 3.63) is 60.3 Å². The van der Waals surface area contributed by atoms with Gasteiger partial charge in [0.1, 0.15) is 10.6 Å². The number of hydrogen-bond acceptors (Lipinski definition) is 8. The van der Waals surface area contributed by atoms with Crippen LogP contribution in [0.25, 0.3) is 11.4 Å². The second kappa shape index (κ2) is 11.0. The van der Waals surface area contributed by atoms with Crippen LogP contribution in [0.3, 0.4) is 0 Å². The normalized spacial score (nSPS) is 18.4. The number of urea groups is 1. The van der Waals surface area contributed by atoms with E-state index in [9.17, 15) is 22.0 Å². The van der Waals surface area contributed by atoms with E-state index in [1.165, 1.54) is 12.1 Å². The van der Waals surface area contributed by atoms with Gasteiger partial charge in [-0.1, -0.05) is 0 Å². The highest BCUT2D eigenvalue weighted by molar-refractivity contribution is 7.92. The van der Waals surface area contributed by atoms with E-state index in [1.54, 1.807) is 42.5 Å². The Balaban J connectivity index is 1.51. The van der Waals surface area contributed by atoms with E-state index in [0.29, 0.717) is 66.9 Å². The van der Waals surface area contributed by atoms with Crippen LogP contribution in [0.15, 0.2) is 59.5 Å². The second-order valence-electron chi connectivity index (χ2n) is 9.92. The largest absolute Gasteiger partial charge is 0.399 e. The number of ether oxygens (including phenoxy) is 1. The molecule has 2 aromatic carbocycles. The summed E-state index contributed by atoms with van der Waals surface area (Å²) >= 11 is 0. The number of halogens is 2. The summed E-state index contributed by atoms with van der Waals surface area (Å²) in [4.78, 5) is 23.7. The topological polar surface area (TPSA) is 140 Å². The Hall–Kier alpha value is -3.84. The molecule has 212 valence electrons. The van der Waals surface area contributed by atoms with Crippen LogP contribution in [0.5, 0.6) is 0 Å². The molecular formula is C27H30F2N6O4S. The summed E-state index contributed by atoms with van der Waals surface area (Å²) < 4.78 is 56.8. The van der Waals surface area contributed by atoms with Gasteiger partial charge < -0.3 is 26.0 Å². The number of aromatic nitrogens is 2. The molecule has 3 aromatic rings. The molecule has 1 saturated carbocycles. The zero-order valence-corrected chi connectivity index (χ0v) is 22.6. The lowest BCUT2D eigenvalue weighted by atomic mass is 10.1. The van der Waals surface area contributed by atoms with Crippen molar-refractivity contribution in [3.8, 4) is 11.4 Å². The van der Waals surface area contributed by atoms with E-state index < -0.39 is 33.6 Å². The Morgan fingerprint density at radius 1 is 1.15 bits per heavy atom. The van der Waals surface area contributed by atoms with Crippen LogP contribution in [-0.2, 0) is 19.3 Å². The van der Waals surface area contributed by atoms with Crippen LogP contribution >= 0.6 is 0 Å². The van der Waals surface area contributed by atoms with Gasteiger partial charge in [0.15, 0.2) is 15.7 Å². The molecule has 0 radical (unpaired) electrons. The molecule has 5 rings (SSSR count). The van der Waals surface area contributed by atoms with Gasteiger partial charge in [-0.15, -0.1) is 0 Å². The molecule has 2 amide bonds. The van der Waals surface area contributed by atoms with Crippen LogP contribution in [-0.4, -0.2) is 63.2 Å². The van der Waals surface area contributed by atoms with Crippen LogP contribution in [0.4, 0.5) is 30.8 Å². The Morgan fingerprint density at radius 2 is 1.85 bits per heavy atom. The number of nitrogens with two attached hydrogens (primary N) is 1. The highest BCUT2D eigenvalue weighted by Gasteiger charge is 2.58. The van der Waals surface area contributed by atoms with Gasteiger partial charge in [-0.05, 0) is 68.3 Å². The molecule has 1 aromatic heterocycles. The minimum atomic E-state index is -3.79. The summed E-state index contributed by atoms with van der Waals surface area (Å²) in [6.45, 7) is 2.87. The van der Waals surface area contributed by atoms with Gasteiger partial charge in [-0.25, -0.2) is 32.0 Å². The Bertz CT molecular complexity index is 1480.